The standard InChI is InChI=1S/C19H24N4O3/c1-12-8-13(2)23(22-12)11-14-4-6-15(7-5-14)18(24)21-16-9-17(20-10-16)19(25)26-3/h4-8,16-17,20H,9-11H2,1-3H3,(H,21,24)/t16-,17-/m0/s1. The number of carbonyl (C=O) groups excluding carboxylic acids is 2. The van der Waals surface area contributed by atoms with Gasteiger partial charge in [-0.15, -0.1) is 0 Å². The molecule has 1 saturated heterocycles. The Bertz CT molecular complexity index is 798. The average molecular weight is 356 g/mol. The maximum atomic E-state index is 12.4. The Morgan fingerprint density at radius 3 is 2.65 bits per heavy atom. The minimum absolute atomic E-state index is 0.0824. The number of methoxy groups -OCH3 is 1. The van der Waals surface area contributed by atoms with Gasteiger partial charge in [0.2, 0.25) is 0 Å². The molecule has 1 amide bonds. The zero-order chi connectivity index (χ0) is 18.7. The number of amides is 1. The summed E-state index contributed by atoms with van der Waals surface area (Å²) in [6.07, 6.45) is 0.536. The monoisotopic (exact) mass is 356 g/mol. The predicted molar refractivity (Wildman–Crippen MR) is 96.9 cm³/mol. The number of ether oxygens (including phenoxy) is 1. The summed E-state index contributed by atoms with van der Waals surface area (Å²) in [5, 5.41) is 10.5. The Balaban J connectivity index is 1.57. The van der Waals surface area contributed by atoms with Crippen LogP contribution in [0.2, 0.25) is 0 Å². The number of nitrogens with one attached hydrogen (secondary N) is 2. The molecule has 2 aromatic rings. The van der Waals surface area contributed by atoms with Crippen LogP contribution in [0.3, 0.4) is 0 Å². The van der Waals surface area contributed by atoms with Crippen molar-refractivity contribution in [2.24, 2.45) is 0 Å². The number of nitrogens with zero attached hydrogens (tertiary/aromatic N) is 2. The van der Waals surface area contributed by atoms with Crippen LogP contribution in [0.25, 0.3) is 0 Å². The van der Waals surface area contributed by atoms with E-state index in [0.717, 1.165) is 17.0 Å². The highest BCUT2D eigenvalue weighted by Crippen LogP contribution is 2.12. The van der Waals surface area contributed by atoms with Gasteiger partial charge in [-0.3, -0.25) is 14.3 Å². The molecule has 1 aliphatic rings. The van der Waals surface area contributed by atoms with Gasteiger partial charge in [0.15, 0.2) is 0 Å². The van der Waals surface area contributed by atoms with Crippen LogP contribution < -0.4 is 10.6 Å². The van der Waals surface area contributed by atoms with Crippen LogP contribution in [-0.2, 0) is 16.1 Å². The Morgan fingerprint density at radius 1 is 1.31 bits per heavy atom. The molecular weight excluding hydrogens is 332 g/mol. The molecule has 1 fully saturated rings. The van der Waals surface area contributed by atoms with Crippen molar-refractivity contribution >= 4 is 11.9 Å². The molecule has 1 aliphatic heterocycles. The van der Waals surface area contributed by atoms with E-state index in [9.17, 15) is 9.59 Å². The lowest BCUT2D eigenvalue weighted by molar-refractivity contribution is -0.142. The number of hydrogen-bond acceptors (Lipinski definition) is 5. The largest absolute Gasteiger partial charge is 0.468 e. The Kier molecular flexibility index (Phi) is 5.37. The van der Waals surface area contributed by atoms with E-state index in [0.29, 0.717) is 25.1 Å². The van der Waals surface area contributed by atoms with Crippen molar-refractivity contribution in [3.63, 3.8) is 0 Å². The third-order valence-corrected chi connectivity index (χ3v) is 4.60. The summed E-state index contributed by atoms with van der Waals surface area (Å²) in [7, 11) is 1.36. The summed E-state index contributed by atoms with van der Waals surface area (Å²) >= 11 is 0. The van der Waals surface area contributed by atoms with Crippen LogP contribution in [0.4, 0.5) is 0 Å². The minimum Gasteiger partial charge on any atom is -0.468 e. The highest BCUT2D eigenvalue weighted by Gasteiger charge is 2.31. The Morgan fingerprint density at radius 2 is 2.04 bits per heavy atom. The van der Waals surface area contributed by atoms with Crippen molar-refractivity contribution in [3.8, 4) is 0 Å². The van der Waals surface area contributed by atoms with Crippen molar-refractivity contribution in [3.05, 3.63) is 52.8 Å². The van der Waals surface area contributed by atoms with Gasteiger partial charge >= 0.3 is 5.97 Å². The van der Waals surface area contributed by atoms with Gasteiger partial charge in [-0.1, -0.05) is 12.1 Å². The second-order valence-electron chi connectivity index (χ2n) is 6.67. The summed E-state index contributed by atoms with van der Waals surface area (Å²) in [4.78, 5) is 23.9. The normalized spacial score (nSPS) is 19.3. The molecule has 1 aromatic heterocycles. The summed E-state index contributed by atoms with van der Waals surface area (Å²) in [6.45, 7) is 5.23. The van der Waals surface area contributed by atoms with Crippen LogP contribution in [0.15, 0.2) is 30.3 Å². The number of aromatic nitrogens is 2. The summed E-state index contributed by atoms with van der Waals surface area (Å²) in [5.74, 6) is -0.435. The first-order chi connectivity index (χ1) is 12.5. The lowest BCUT2D eigenvalue weighted by Crippen LogP contribution is -2.36. The number of esters is 1. The summed E-state index contributed by atoms with van der Waals surface area (Å²) in [6, 6.07) is 9.12. The molecule has 7 nitrogen and oxygen atoms in total. The number of aryl methyl sites for hydroxylation is 2. The third-order valence-electron chi connectivity index (χ3n) is 4.60. The Hall–Kier alpha value is -2.67. The van der Waals surface area contributed by atoms with Crippen molar-refractivity contribution in [1.82, 2.24) is 20.4 Å². The minimum atomic E-state index is -0.353. The van der Waals surface area contributed by atoms with Crippen LogP contribution in [0.1, 0.15) is 33.7 Å². The van der Waals surface area contributed by atoms with Gasteiger partial charge in [-0.25, -0.2) is 0 Å². The fraction of sp³-hybridized carbons (Fsp3) is 0.421. The lowest BCUT2D eigenvalue weighted by atomic mass is 10.1. The van der Waals surface area contributed by atoms with E-state index < -0.39 is 0 Å². The van der Waals surface area contributed by atoms with Crippen molar-refractivity contribution in [1.29, 1.82) is 0 Å². The fourth-order valence-electron chi connectivity index (χ4n) is 3.21. The predicted octanol–water partition coefficient (Wildman–Crippen LogP) is 1.18. The number of benzene rings is 1. The number of rotatable bonds is 5. The van der Waals surface area contributed by atoms with E-state index in [1.165, 1.54) is 7.11 Å². The maximum absolute atomic E-state index is 12.4. The van der Waals surface area contributed by atoms with Gasteiger partial charge in [-0.2, -0.15) is 5.10 Å². The van der Waals surface area contributed by atoms with E-state index in [4.69, 9.17) is 4.74 Å². The quantitative estimate of drug-likeness (QED) is 0.786. The molecule has 7 heteroatoms. The molecule has 0 radical (unpaired) electrons. The molecule has 1 aromatic carbocycles. The van der Waals surface area contributed by atoms with Gasteiger partial charge < -0.3 is 15.4 Å². The van der Waals surface area contributed by atoms with E-state index in [1.54, 1.807) is 0 Å². The number of carbonyl (C=O) groups is 2. The first-order valence-corrected chi connectivity index (χ1v) is 8.68. The van der Waals surface area contributed by atoms with Crippen molar-refractivity contribution in [2.75, 3.05) is 13.7 Å². The molecular formula is C19H24N4O3. The first-order valence-electron chi connectivity index (χ1n) is 8.68. The molecule has 0 bridgehead atoms. The van der Waals surface area contributed by atoms with E-state index in [1.807, 2.05) is 48.9 Å². The highest BCUT2D eigenvalue weighted by atomic mass is 16.5. The van der Waals surface area contributed by atoms with Gasteiger partial charge in [0.25, 0.3) is 5.91 Å². The third kappa shape index (κ3) is 4.11. The topological polar surface area (TPSA) is 85.2 Å². The molecule has 0 aliphatic carbocycles. The molecule has 3 rings (SSSR count). The van der Waals surface area contributed by atoms with Crippen LogP contribution in [0, 0.1) is 13.8 Å². The fourth-order valence-corrected chi connectivity index (χ4v) is 3.21. The summed E-state index contributed by atoms with van der Waals surface area (Å²) < 4.78 is 6.67. The zero-order valence-electron chi connectivity index (χ0n) is 15.3. The first kappa shape index (κ1) is 18.1. The van der Waals surface area contributed by atoms with Crippen LogP contribution >= 0.6 is 0 Å². The summed E-state index contributed by atoms with van der Waals surface area (Å²) in [5.41, 5.74) is 3.79. The van der Waals surface area contributed by atoms with Gasteiger partial charge in [-0.05, 0) is 44.0 Å². The van der Waals surface area contributed by atoms with Gasteiger partial charge in [0, 0.05) is 23.8 Å². The molecule has 2 heterocycles. The highest BCUT2D eigenvalue weighted by molar-refractivity contribution is 5.94. The van der Waals surface area contributed by atoms with Crippen LogP contribution in [-0.4, -0.2) is 47.4 Å². The van der Waals surface area contributed by atoms with Crippen molar-refractivity contribution in [2.45, 2.75) is 38.9 Å². The maximum Gasteiger partial charge on any atom is 0.322 e. The van der Waals surface area contributed by atoms with Crippen LogP contribution in [0.5, 0.6) is 0 Å². The molecule has 2 N–H and O–H groups in total. The lowest BCUT2D eigenvalue weighted by Gasteiger charge is -2.12. The second kappa shape index (κ2) is 7.70. The van der Waals surface area contributed by atoms with Gasteiger partial charge in [0.1, 0.15) is 6.04 Å². The average Bonchev–Trinajstić information content (AvgIpc) is 3.21. The van der Waals surface area contributed by atoms with E-state index in [2.05, 4.69) is 15.7 Å². The second-order valence-corrected chi connectivity index (χ2v) is 6.67. The van der Waals surface area contributed by atoms with E-state index >= 15 is 0 Å². The molecule has 0 spiro atoms. The SMILES string of the molecule is COC(=O)[C@@H]1C[C@H](NC(=O)c2ccc(Cn3nc(C)cc3C)cc2)CN1. The molecule has 2 atom stereocenters. The molecule has 0 unspecified atom stereocenters. The smallest absolute Gasteiger partial charge is 0.322 e. The molecule has 26 heavy (non-hydrogen) atoms. The van der Waals surface area contributed by atoms with Crippen molar-refractivity contribution < 1.29 is 14.3 Å². The van der Waals surface area contributed by atoms with E-state index in [-0.39, 0.29) is 24.0 Å². The number of hydrogen-bond donors (Lipinski definition) is 2. The van der Waals surface area contributed by atoms with Gasteiger partial charge in [0.05, 0.1) is 19.3 Å². The molecule has 0 saturated carbocycles. The Labute approximate surface area is 152 Å². The zero-order valence-corrected chi connectivity index (χ0v) is 15.3. The molecule has 138 valence electrons.